The smallest absolute Gasteiger partial charge is 0.281 e. The number of carbonyl (C=O) groups excluding carboxylic acids is 2. The van der Waals surface area contributed by atoms with Gasteiger partial charge in [-0.2, -0.15) is 5.26 Å². The van der Waals surface area contributed by atoms with Crippen LogP contribution in [0.4, 0.5) is 18.9 Å². The number of halogens is 4. The maximum atomic E-state index is 14.1. The summed E-state index contributed by atoms with van der Waals surface area (Å²) < 4.78 is 40.6. The van der Waals surface area contributed by atoms with E-state index in [1.54, 1.807) is 11.0 Å². The van der Waals surface area contributed by atoms with Crippen LogP contribution in [0.1, 0.15) is 53.7 Å². The first-order valence-corrected chi connectivity index (χ1v) is 12.1. The van der Waals surface area contributed by atoms with Gasteiger partial charge in [0.1, 0.15) is 16.9 Å². The quantitative estimate of drug-likeness (QED) is 0.601. The molecule has 5 rings (SSSR count). The molecule has 3 aliphatic rings. The SMILES string of the molecule is N#CN1CC2(C1)C(=O)N(CC1CCC(NC(=O)c3cc(Cl)cnc3C(F)F)CC1)c1cc(F)ccc12. The third-order valence-corrected chi connectivity index (χ3v) is 7.65. The fraction of sp³-hybridized carbons (Fsp3) is 0.440. The topological polar surface area (TPSA) is 89.3 Å². The number of anilines is 1. The molecule has 0 bridgehead atoms. The minimum absolute atomic E-state index is 0.0994. The van der Waals surface area contributed by atoms with Crippen molar-refractivity contribution in [3.05, 3.63) is 58.1 Å². The van der Waals surface area contributed by atoms with Crippen LogP contribution in [-0.4, -0.2) is 47.4 Å². The zero-order valence-corrected chi connectivity index (χ0v) is 19.9. The third kappa shape index (κ3) is 4.15. The average molecular weight is 518 g/mol. The van der Waals surface area contributed by atoms with Crippen LogP contribution in [0.5, 0.6) is 0 Å². The van der Waals surface area contributed by atoms with E-state index in [4.69, 9.17) is 16.9 Å². The molecule has 3 heterocycles. The van der Waals surface area contributed by atoms with E-state index in [-0.39, 0.29) is 41.5 Å². The first kappa shape index (κ1) is 24.4. The number of nitrogens with zero attached hydrogens (tertiary/aromatic N) is 4. The number of amides is 2. The second-order valence-electron chi connectivity index (χ2n) is 9.69. The molecular formula is C25H23ClF3N5O2. The number of fused-ring (bicyclic) bond motifs is 2. The first-order chi connectivity index (χ1) is 17.2. The predicted molar refractivity (Wildman–Crippen MR) is 125 cm³/mol. The van der Waals surface area contributed by atoms with Crippen molar-refractivity contribution >= 4 is 29.1 Å². The third-order valence-electron chi connectivity index (χ3n) is 7.44. The lowest BCUT2D eigenvalue weighted by atomic mass is 9.75. The Morgan fingerprint density at radius 1 is 1.25 bits per heavy atom. The second-order valence-corrected chi connectivity index (χ2v) is 10.1. The van der Waals surface area contributed by atoms with Crippen molar-refractivity contribution < 1.29 is 22.8 Å². The van der Waals surface area contributed by atoms with Crippen molar-refractivity contribution in [1.29, 1.82) is 5.26 Å². The van der Waals surface area contributed by atoms with Crippen LogP contribution in [0.2, 0.25) is 5.02 Å². The number of benzene rings is 1. The predicted octanol–water partition coefficient (Wildman–Crippen LogP) is 4.18. The summed E-state index contributed by atoms with van der Waals surface area (Å²) in [5, 5.41) is 12.1. The molecule has 188 valence electrons. The molecule has 2 fully saturated rings. The van der Waals surface area contributed by atoms with Crippen molar-refractivity contribution in [3.63, 3.8) is 0 Å². The van der Waals surface area contributed by atoms with Gasteiger partial charge in [-0.3, -0.25) is 14.6 Å². The monoisotopic (exact) mass is 517 g/mol. The largest absolute Gasteiger partial charge is 0.349 e. The first-order valence-electron chi connectivity index (χ1n) is 11.7. The molecule has 1 N–H and O–H groups in total. The van der Waals surface area contributed by atoms with Crippen molar-refractivity contribution in [3.8, 4) is 6.19 Å². The highest BCUT2D eigenvalue weighted by Crippen LogP contribution is 2.48. The Morgan fingerprint density at radius 2 is 1.97 bits per heavy atom. The Kier molecular flexibility index (Phi) is 6.29. The highest BCUT2D eigenvalue weighted by Gasteiger charge is 2.58. The molecule has 7 nitrogen and oxygen atoms in total. The highest BCUT2D eigenvalue weighted by atomic mass is 35.5. The molecule has 1 aromatic heterocycles. The molecule has 1 saturated heterocycles. The van der Waals surface area contributed by atoms with Crippen molar-refractivity contribution in [2.75, 3.05) is 24.5 Å². The van der Waals surface area contributed by atoms with E-state index in [9.17, 15) is 22.8 Å². The van der Waals surface area contributed by atoms with E-state index in [1.165, 1.54) is 23.1 Å². The molecule has 1 saturated carbocycles. The molecule has 2 amide bonds. The van der Waals surface area contributed by atoms with Gasteiger partial charge in [-0.1, -0.05) is 17.7 Å². The molecule has 0 unspecified atom stereocenters. The number of carbonyl (C=O) groups is 2. The van der Waals surface area contributed by atoms with Gasteiger partial charge in [0.25, 0.3) is 12.3 Å². The summed E-state index contributed by atoms with van der Waals surface area (Å²) in [7, 11) is 0. The van der Waals surface area contributed by atoms with E-state index in [1.807, 2.05) is 0 Å². The lowest BCUT2D eigenvalue weighted by Crippen LogP contribution is -2.62. The van der Waals surface area contributed by atoms with Gasteiger partial charge < -0.3 is 15.1 Å². The molecule has 1 aromatic carbocycles. The number of alkyl halides is 2. The summed E-state index contributed by atoms with van der Waals surface area (Å²) in [6, 6.07) is 5.34. The van der Waals surface area contributed by atoms with Gasteiger partial charge in [0.2, 0.25) is 5.91 Å². The lowest BCUT2D eigenvalue weighted by molar-refractivity contribution is -0.127. The summed E-state index contributed by atoms with van der Waals surface area (Å²) >= 11 is 5.86. The summed E-state index contributed by atoms with van der Waals surface area (Å²) in [6.45, 7) is 0.988. The number of hydrogen-bond acceptors (Lipinski definition) is 5. The maximum Gasteiger partial charge on any atom is 0.281 e. The van der Waals surface area contributed by atoms with Gasteiger partial charge >= 0.3 is 0 Å². The highest BCUT2D eigenvalue weighted by molar-refractivity contribution is 6.30. The number of aromatic nitrogens is 1. The Bertz CT molecular complexity index is 1250. The van der Waals surface area contributed by atoms with Crippen molar-refractivity contribution in [2.24, 2.45) is 5.92 Å². The lowest BCUT2D eigenvalue weighted by Gasteiger charge is -2.43. The zero-order chi connectivity index (χ0) is 25.6. The normalized spacial score (nSPS) is 22.4. The van der Waals surface area contributed by atoms with Gasteiger partial charge in [-0.15, -0.1) is 0 Å². The van der Waals surface area contributed by atoms with E-state index in [2.05, 4.69) is 16.5 Å². The summed E-state index contributed by atoms with van der Waals surface area (Å²) in [6.07, 6.45) is 2.86. The summed E-state index contributed by atoms with van der Waals surface area (Å²) in [4.78, 5) is 32.8. The van der Waals surface area contributed by atoms with Gasteiger partial charge in [0, 0.05) is 31.9 Å². The van der Waals surface area contributed by atoms with Crippen molar-refractivity contribution in [2.45, 2.75) is 43.6 Å². The fourth-order valence-corrected chi connectivity index (χ4v) is 5.75. The molecule has 2 aromatic rings. The number of likely N-dealkylation sites (tertiary alicyclic amines) is 1. The van der Waals surface area contributed by atoms with E-state index < -0.39 is 29.3 Å². The molecule has 11 heteroatoms. The fourth-order valence-electron chi connectivity index (χ4n) is 5.59. The molecule has 0 radical (unpaired) electrons. The van der Waals surface area contributed by atoms with Crippen LogP contribution >= 0.6 is 11.6 Å². The molecule has 2 aliphatic heterocycles. The molecular weight excluding hydrogens is 495 g/mol. The van der Waals surface area contributed by atoms with E-state index >= 15 is 0 Å². The van der Waals surface area contributed by atoms with Crippen LogP contribution in [0.3, 0.4) is 0 Å². The van der Waals surface area contributed by atoms with Crippen LogP contribution in [0.15, 0.2) is 30.5 Å². The number of hydrogen-bond donors (Lipinski definition) is 1. The Labute approximate surface area is 210 Å². The van der Waals surface area contributed by atoms with Crippen molar-refractivity contribution in [1.82, 2.24) is 15.2 Å². The standard InChI is InChI=1S/C25H23ClF3N5O2/c26-15-7-18(21(22(28)29)31-9-15)23(35)32-17-4-1-14(2-5-17)10-34-20-8-16(27)3-6-19(20)25(24(34)36)11-33(12-25)13-30/h3,6-9,14,17,22H,1-2,4-5,10-12H2,(H,32,35). The van der Waals surface area contributed by atoms with Crippen LogP contribution in [-0.2, 0) is 10.2 Å². The molecule has 0 atom stereocenters. The van der Waals surface area contributed by atoms with E-state index in [0.29, 0.717) is 37.9 Å². The zero-order valence-electron chi connectivity index (χ0n) is 19.2. The Morgan fingerprint density at radius 3 is 2.64 bits per heavy atom. The second kappa shape index (κ2) is 9.28. The number of nitriles is 1. The van der Waals surface area contributed by atoms with Gasteiger partial charge in [0.15, 0.2) is 6.19 Å². The summed E-state index contributed by atoms with van der Waals surface area (Å²) in [5.74, 6) is -1.05. The van der Waals surface area contributed by atoms with Gasteiger partial charge in [-0.25, -0.2) is 13.2 Å². The van der Waals surface area contributed by atoms with Crippen LogP contribution < -0.4 is 10.2 Å². The number of nitrogens with one attached hydrogen (secondary N) is 1. The molecule has 36 heavy (non-hydrogen) atoms. The van der Waals surface area contributed by atoms with Gasteiger partial charge in [0.05, 0.1) is 16.3 Å². The Hall–Kier alpha value is -3.32. The van der Waals surface area contributed by atoms with Crippen LogP contribution in [0.25, 0.3) is 0 Å². The minimum Gasteiger partial charge on any atom is -0.349 e. The number of rotatable bonds is 5. The average Bonchev–Trinajstić information content (AvgIpc) is 3.06. The number of pyridine rings is 1. The maximum absolute atomic E-state index is 14.1. The van der Waals surface area contributed by atoms with Crippen LogP contribution in [0, 0.1) is 23.2 Å². The Balaban J connectivity index is 1.23. The molecule has 1 aliphatic carbocycles. The van der Waals surface area contributed by atoms with Gasteiger partial charge in [-0.05, 0) is 55.4 Å². The minimum atomic E-state index is -2.90. The van der Waals surface area contributed by atoms with E-state index in [0.717, 1.165) is 11.8 Å². The summed E-state index contributed by atoms with van der Waals surface area (Å²) in [5.41, 5.74) is -0.341. The molecule has 1 spiro atoms.